The van der Waals surface area contributed by atoms with Crippen LogP contribution < -0.4 is 11.1 Å². The van der Waals surface area contributed by atoms with E-state index in [2.05, 4.69) is 15.3 Å². The number of pyridine rings is 1. The number of nitrogens with zero attached hydrogens (tertiary/aromatic N) is 2. The normalized spacial score (nSPS) is 13.6. The first-order valence-corrected chi connectivity index (χ1v) is 10.8. The van der Waals surface area contributed by atoms with Gasteiger partial charge in [-0.3, -0.25) is 9.98 Å². The van der Waals surface area contributed by atoms with Crippen molar-refractivity contribution in [1.82, 2.24) is 10.3 Å². The van der Waals surface area contributed by atoms with E-state index in [1.807, 2.05) is 19.9 Å². The summed E-state index contributed by atoms with van der Waals surface area (Å²) >= 11 is 0. The second-order valence-corrected chi connectivity index (χ2v) is 8.72. The van der Waals surface area contributed by atoms with Crippen molar-refractivity contribution >= 4 is 23.1 Å². The molecular formula is C25H32F2N4O2. The van der Waals surface area contributed by atoms with E-state index in [1.54, 1.807) is 33.9 Å². The van der Waals surface area contributed by atoms with Gasteiger partial charge in [-0.2, -0.15) is 0 Å². The summed E-state index contributed by atoms with van der Waals surface area (Å²) in [6.45, 7) is 9.11. The number of nitrogens with two attached hydrogens (primary N) is 1. The fourth-order valence-electron chi connectivity index (χ4n) is 3.39. The van der Waals surface area contributed by atoms with Crippen molar-refractivity contribution in [2.45, 2.75) is 59.1 Å². The standard InChI is InChI=1S/C25H32F2N4O2/c1-7-8-20(15(2)29-6)21-13-19(28)14-30-23(21)22(31-24(32)33-25(3,4)5)11-16-9-17(26)12-18(27)10-16/h8-10,12-14,22H,7,11,28H2,1-6H3,(H,31,32)/b20-8+,29-15?. The highest BCUT2D eigenvalue weighted by Crippen LogP contribution is 2.29. The number of aliphatic imine (C=N–C) groups is 1. The van der Waals surface area contributed by atoms with E-state index >= 15 is 0 Å². The van der Waals surface area contributed by atoms with Gasteiger partial charge in [-0.15, -0.1) is 0 Å². The van der Waals surface area contributed by atoms with E-state index in [9.17, 15) is 13.6 Å². The molecule has 0 bridgehead atoms. The Morgan fingerprint density at radius 1 is 1.24 bits per heavy atom. The van der Waals surface area contributed by atoms with Crippen LogP contribution in [0.25, 0.3) is 5.57 Å². The van der Waals surface area contributed by atoms with Crippen LogP contribution in [-0.4, -0.2) is 29.4 Å². The number of alkyl carbamates (subject to hydrolysis) is 1. The van der Waals surface area contributed by atoms with Gasteiger partial charge in [-0.25, -0.2) is 13.6 Å². The number of rotatable bonds is 7. The Morgan fingerprint density at radius 2 is 1.88 bits per heavy atom. The smallest absolute Gasteiger partial charge is 0.408 e. The van der Waals surface area contributed by atoms with Crippen molar-refractivity contribution in [1.29, 1.82) is 0 Å². The predicted octanol–water partition coefficient (Wildman–Crippen LogP) is 5.63. The van der Waals surface area contributed by atoms with Crippen molar-refractivity contribution < 1.29 is 18.3 Å². The van der Waals surface area contributed by atoms with Gasteiger partial charge in [0, 0.05) is 30.0 Å². The van der Waals surface area contributed by atoms with Gasteiger partial charge in [0.15, 0.2) is 0 Å². The molecule has 1 heterocycles. The number of carbonyl (C=O) groups excluding carboxylic acids is 1. The Labute approximate surface area is 194 Å². The number of hydrogen-bond acceptors (Lipinski definition) is 5. The second-order valence-electron chi connectivity index (χ2n) is 8.72. The molecule has 1 atom stereocenters. The van der Waals surface area contributed by atoms with Crippen molar-refractivity contribution in [3.8, 4) is 0 Å². The van der Waals surface area contributed by atoms with Crippen LogP contribution in [0.2, 0.25) is 0 Å². The maximum absolute atomic E-state index is 13.9. The van der Waals surface area contributed by atoms with E-state index in [-0.39, 0.29) is 6.42 Å². The molecule has 33 heavy (non-hydrogen) atoms. The third kappa shape index (κ3) is 7.66. The zero-order valence-electron chi connectivity index (χ0n) is 20.0. The van der Waals surface area contributed by atoms with Gasteiger partial charge in [0.25, 0.3) is 0 Å². The first-order chi connectivity index (χ1) is 15.4. The third-order valence-corrected chi connectivity index (χ3v) is 4.75. The first kappa shape index (κ1) is 26.0. The van der Waals surface area contributed by atoms with E-state index in [0.717, 1.165) is 23.8 Å². The van der Waals surface area contributed by atoms with Gasteiger partial charge in [0.05, 0.1) is 23.6 Å². The summed E-state index contributed by atoms with van der Waals surface area (Å²) in [6, 6.07) is 4.27. The first-order valence-electron chi connectivity index (χ1n) is 10.8. The van der Waals surface area contributed by atoms with Gasteiger partial charge in [-0.05, 0) is 64.3 Å². The number of anilines is 1. The van der Waals surface area contributed by atoms with Crippen molar-refractivity contribution in [2.24, 2.45) is 4.99 Å². The average Bonchev–Trinajstić information content (AvgIpc) is 2.68. The number of allylic oxidation sites excluding steroid dienone is 2. The number of carbonyl (C=O) groups is 1. The van der Waals surface area contributed by atoms with Crippen LogP contribution in [0.1, 0.15) is 63.9 Å². The third-order valence-electron chi connectivity index (χ3n) is 4.75. The molecule has 0 fully saturated rings. The van der Waals surface area contributed by atoms with E-state index < -0.39 is 29.4 Å². The zero-order chi connectivity index (χ0) is 24.8. The molecule has 0 saturated carbocycles. The number of hydrogen-bond donors (Lipinski definition) is 2. The molecule has 0 aliphatic rings. The summed E-state index contributed by atoms with van der Waals surface area (Å²) in [5, 5.41) is 2.81. The highest BCUT2D eigenvalue weighted by molar-refractivity contribution is 6.23. The molecule has 8 heteroatoms. The Bertz CT molecular complexity index is 1040. The monoisotopic (exact) mass is 458 g/mol. The van der Waals surface area contributed by atoms with Gasteiger partial charge in [0.2, 0.25) is 0 Å². The lowest BCUT2D eigenvalue weighted by Gasteiger charge is -2.25. The number of benzene rings is 1. The van der Waals surface area contributed by atoms with E-state index in [0.29, 0.717) is 22.5 Å². The molecule has 1 aromatic carbocycles. The minimum atomic E-state index is -0.749. The molecule has 3 N–H and O–H groups in total. The maximum atomic E-state index is 13.9. The molecule has 1 aromatic heterocycles. The topological polar surface area (TPSA) is 89.6 Å². The van der Waals surface area contributed by atoms with E-state index in [4.69, 9.17) is 10.5 Å². The molecule has 1 amide bonds. The van der Waals surface area contributed by atoms with Crippen LogP contribution in [0.15, 0.2) is 41.5 Å². The van der Waals surface area contributed by atoms with Gasteiger partial charge in [-0.1, -0.05) is 13.0 Å². The summed E-state index contributed by atoms with van der Waals surface area (Å²) in [7, 11) is 1.68. The lowest BCUT2D eigenvalue weighted by molar-refractivity contribution is 0.0502. The minimum Gasteiger partial charge on any atom is -0.444 e. The number of aromatic nitrogens is 1. The number of nitrogen functional groups attached to an aromatic ring is 1. The minimum absolute atomic E-state index is 0.0829. The van der Waals surface area contributed by atoms with Gasteiger partial charge in [0.1, 0.15) is 17.2 Å². The lowest BCUT2D eigenvalue weighted by Crippen LogP contribution is -2.36. The van der Waals surface area contributed by atoms with Crippen molar-refractivity contribution in [2.75, 3.05) is 12.8 Å². The molecule has 2 rings (SSSR count). The molecule has 6 nitrogen and oxygen atoms in total. The Balaban J connectivity index is 2.62. The highest BCUT2D eigenvalue weighted by atomic mass is 19.1. The van der Waals surface area contributed by atoms with Crippen LogP contribution >= 0.6 is 0 Å². The summed E-state index contributed by atoms with van der Waals surface area (Å²) < 4.78 is 33.2. The maximum Gasteiger partial charge on any atom is 0.408 e. The molecule has 178 valence electrons. The van der Waals surface area contributed by atoms with Gasteiger partial charge < -0.3 is 15.8 Å². The Morgan fingerprint density at radius 3 is 2.42 bits per heavy atom. The summed E-state index contributed by atoms with van der Waals surface area (Å²) in [5.41, 5.74) is 8.86. The Kier molecular flexibility index (Phi) is 8.68. The van der Waals surface area contributed by atoms with Crippen LogP contribution in [-0.2, 0) is 11.2 Å². The summed E-state index contributed by atoms with van der Waals surface area (Å²) in [5.74, 6) is -1.40. The quantitative estimate of drug-likeness (QED) is 0.526. The highest BCUT2D eigenvalue weighted by Gasteiger charge is 2.26. The molecule has 0 aliphatic heterocycles. The molecule has 0 spiro atoms. The molecule has 0 saturated heterocycles. The van der Waals surface area contributed by atoms with Crippen LogP contribution in [0, 0.1) is 11.6 Å². The molecular weight excluding hydrogens is 426 g/mol. The largest absolute Gasteiger partial charge is 0.444 e. The van der Waals surface area contributed by atoms with Crippen molar-refractivity contribution in [3.63, 3.8) is 0 Å². The molecule has 0 aliphatic carbocycles. The molecule has 2 aromatic rings. The SMILES string of the molecule is CC/C=C(\C(C)=NC)c1cc(N)cnc1C(Cc1cc(F)cc(F)c1)NC(=O)OC(C)(C)C. The number of amides is 1. The zero-order valence-corrected chi connectivity index (χ0v) is 20.0. The fraction of sp³-hybridized carbons (Fsp3) is 0.400. The average molecular weight is 459 g/mol. The van der Waals surface area contributed by atoms with E-state index in [1.165, 1.54) is 18.3 Å². The van der Waals surface area contributed by atoms with Crippen LogP contribution in [0.5, 0.6) is 0 Å². The van der Waals surface area contributed by atoms with Crippen LogP contribution in [0.3, 0.4) is 0 Å². The molecule has 1 unspecified atom stereocenters. The van der Waals surface area contributed by atoms with Crippen molar-refractivity contribution in [3.05, 3.63) is 65.0 Å². The van der Waals surface area contributed by atoms with Gasteiger partial charge >= 0.3 is 6.09 Å². The summed E-state index contributed by atoms with van der Waals surface area (Å²) in [6.07, 6.45) is 3.62. The number of nitrogens with one attached hydrogen (secondary N) is 1. The summed E-state index contributed by atoms with van der Waals surface area (Å²) in [4.78, 5) is 21.5. The lowest BCUT2D eigenvalue weighted by atomic mass is 9.92. The number of halogens is 2. The predicted molar refractivity (Wildman–Crippen MR) is 128 cm³/mol. The molecule has 0 radical (unpaired) electrons. The second kappa shape index (κ2) is 11.0. The fourth-order valence-corrected chi connectivity index (χ4v) is 3.39. The number of ether oxygens (including phenoxy) is 1. The van der Waals surface area contributed by atoms with Crippen LogP contribution in [0.4, 0.5) is 19.3 Å². The Hall–Kier alpha value is -3.29.